The number of primary amides is 1. The number of benzene rings is 1. The molecule has 4 amide bonds. The Morgan fingerprint density at radius 3 is 2.78 bits per heavy atom. The topological polar surface area (TPSA) is 141 Å². The van der Waals surface area contributed by atoms with Crippen molar-refractivity contribution < 1.29 is 19.2 Å². The largest absolute Gasteiger partial charge is 0.368 e. The normalized spacial score (nSPS) is 21.2. The molecule has 0 unspecified atom stereocenters. The molecular weight excluding hydrogens is 412 g/mol. The Hall–Kier alpha value is -3.69. The third kappa shape index (κ3) is 4.08. The quantitative estimate of drug-likeness (QED) is 0.563. The number of hydrogen-bond acceptors (Lipinski definition) is 5. The Morgan fingerprint density at radius 1 is 1.28 bits per heavy atom. The van der Waals surface area contributed by atoms with Crippen molar-refractivity contribution in [1.82, 2.24) is 25.1 Å². The first-order valence-corrected chi connectivity index (χ1v) is 10.6. The predicted molar refractivity (Wildman–Crippen MR) is 114 cm³/mol. The number of aromatic nitrogens is 2. The van der Waals surface area contributed by atoms with E-state index in [1.807, 2.05) is 12.1 Å². The summed E-state index contributed by atoms with van der Waals surface area (Å²) in [5.41, 5.74) is 7.51. The fourth-order valence-corrected chi connectivity index (χ4v) is 4.46. The summed E-state index contributed by atoms with van der Waals surface area (Å²) in [6.07, 6.45) is 4.76. The van der Waals surface area contributed by atoms with E-state index in [9.17, 15) is 19.2 Å². The molecule has 1 aromatic carbocycles. The first kappa shape index (κ1) is 21.5. The van der Waals surface area contributed by atoms with Gasteiger partial charge in [0.15, 0.2) is 0 Å². The average Bonchev–Trinajstić information content (AvgIpc) is 3.47. The van der Waals surface area contributed by atoms with Crippen LogP contribution in [0.5, 0.6) is 0 Å². The highest BCUT2D eigenvalue weighted by molar-refractivity contribution is 6.01. The van der Waals surface area contributed by atoms with Crippen LogP contribution in [-0.2, 0) is 27.2 Å². The van der Waals surface area contributed by atoms with Gasteiger partial charge in [-0.3, -0.25) is 19.2 Å². The Balaban J connectivity index is 1.55. The number of nitrogens with zero attached hydrogens (tertiary/aromatic N) is 3. The molecule has 32 heavy (non-hydrogen) atoms. The lowest BCUT2D eigenvalue weighted by Gasteiger charge is -2.34. The van der Waals surface area contributed by atoms with Crippen LogP contribution in [0.15, 0.2) is 36.8 Å². The van der Waals surface area contributed by atoms with Crippen molar-refractivity contribution in [3.05, 3.63) is 53.6 Å². The minimum atomic E-state index is -0.927. The highest BCUT2D eigenvalue weighted by atomic mass is 16.2. The second kappa shape index (κ2) is 8.81. The molecule has 4 N–H and O–H groups in total. The van der Waals surface area contributed by atoms with E-state index in [1.165, 1.54) is 16.1 Å². The van der Waals surface area contributed by atoms with Crippen LogP contribution in [0.25, 0.3) is 0 Å². The summed E-state index contributed by atoms with van der Waals surface area (Å²) < 4.78 is 0. The number of amides is 4. The van der Waals surface area contributed by atoms with E-state index in [1.54, 1.807) is 25.4 Å². The monoisotopic (exact) mass is 438 g/mol. The average molecular weight is 438 g/mol. The zero-order valence-corrected chi connectivity index (χ0v) is 17.8. The molecule has 0 aliphatic carbocycles. The molecule has 0 saturated carbocycles. The van der Waals surface area contributed by atoms with Crippen LogP contribution in [0.1, 0.15) is 34.5 Å². The van der Waals surface area contributed by atoms with Crippen LogP contribution < -0.4 is 11.1 Å². The zero-order valence-electron chi connectivity index (χ0n) is 17.8. The van der Waals surface area contributed by atoms with Crippen molar-refractivity contribution in [1.29, 1.82) is 0 Å². The SMILES string of the molecule is CN1C(=O)c2ccccc2C[C@H]1C(=O)N[C@@H](Cc1cnc[nH]1)C(=O)N1CCC[C@H]1C(N)=O. The predicted octanol–water partition coefficient (Wildman–Crippen LogP) is -0.390. The van der Waals surface area contributed by atoms with Gasteiger partial charge in [0.05, 0.1) is 6.33 Å². The lowest BCUT2D eigenvalue weighted by molar-refractivity contribution is -0.141. The summed E-state index contributed by atoms with van der Waals surface area (Å²) in [6, 6.07) is 4.82. The van der Waals surface area contributed by atoms with Crippen molar-refractivity contribution in [2.75, 3.05) is 13.6 Å². The van der Waals surface area contributed by atoms with Crippen LogP contribution in [0.4, 0.5) is 0 Å². The van der Waals surface area contributed by atoms with Crippen LogP contribution in [0.2, 0.25) is 0 Å². The van der Waals surface area contributed by atoms with E-state index in [4.69, 9.17) is 5.73 Å². The molecule has 0 radical (unpaired) electrons. The minimum absolute atomic E-state index is 0.174. The molecule has 0 spiro atoms. The molecule has 2 aliphatic heterocycles. The van der Waals surface area contributed by atoms with Gasteiger partial charge in [-0.15, -0.1) is 0 Å². The highest BCUT2D eigenvalue weighted by Crippen LogP contribution is 2.23. The zero-order chi connectivity index (χ0) is 22.8. The number of H-pyrrole nitrogens is 1. The van der Waals surface area contributed by atoms with Gasteiger partial charge in [-0.05, 0) is 24.5 Å². The first-order valence-electron chi connectivity index (χ1n) is 10.6. The number of carbonyl (C=O) groups excluding carboxylic acids is 4. The Labute approximate surface area is 185 Å². The van der Waals surface area contributed by atoms with Gasteiger partial charge in [-0.25, -0.2) is 4.98 Å². The number of aromatic amines is 1. The fraction of sp³-hybridized carbons (Fsp3) is 0.409. The minimum Gasteiger partial charge on any atom is -0.368 e. The summed E-state index contributed by atoms with van der Waals surface area (Å²) in [4.78, 5) is 60.9. The van der Waals surface area contributed by atoms with Gasteiger partial charge in [0.25, 0.3) is 5.91 Å². The lowest BCUT2D eigenvalue weighted by atomic mass is 9.93. The summed E-state index contributed by atoms with van der Waals surface area (Å²) in [5, 5.41) is 2.82. The standard InChI is InChI=1S/C22H26N6O4/c1-27-18(9-13-5-2-3-6-15(13)21(27)31)20(30)26-16(10-14-11-24-12-25-14)22(32)28-8-4-7-17(28)19(23)29/h2-3,5-6,11-12,16-18H,4,7-10H2,1H3,(H2,23,29)(H,24,25)(H,26,30)/t16-,17-,18-/m0/s1. The molecule has 1 saturated heterocycles. The number of fused-ring (bicyclic) bond motifs is 1. The Bertz CT molecular complexity index is 1040. The number of rotatable bonds is 6. The molecule has 0 bridgehead atoms. The third-order valence-electron chi connectivity index (χ3n) is 6.21. The van der Waals surface area contributed by atoms with E-state index in [0.717, 1.165) is 5.56 Å². The second-order valence-corrected chi connectivity index (χ2v) is 8.23. The van der Waals surface area contributed by atoms with Crippen molar-refractivity contribution >= 4 is 23.6 Å². The molecule has 3 heterocycles. The number of imidazole rings is 1. The molecule has 4 rings (SSSR count). The molecule has 1 aromatic heterocycles. The molecule has 10 nitrogen and oxygen atoms in total. The van der Waals surface area contributed by atoms with Gasteiger partial charge in [-0.2, -0.15) is 0 Å². The fourth-order valence-electron chi connectivity index (χ4n) is 4.46. The number of carbonyl (C=O) groups is 4. The van der Waals surface area contributed by atoms with Gasteiger partial charge < -0.3 is 25.8 Å². The number of nitrogens with two attached hydrogens (primary N) is 1. The second-order valence-electron chi connectivity index (χ2n) is 8.23. The van der Waals surface area contributed by atoms with E-state index in [0.29, 0.717) is 37.1 Å². The third-order valence-corrected chi connectivity index (χ3v) is 6.21. The summed E-state index contributed by atoms with van der Waals surface area (Å²) in [6.45, 7) is 0.400. The van der Waals surface area contributed by atoms with Gasteiger partial charge >= 0.3 is 0 Å². The number of nitrogens with one attached hydrogen (secondary N) is 2. The van der Waals surface area contributed by atoms with Gasteiger partial charge in [-0.1, -0.05) is 18.2 Å². The van der Waals surface area contributed by atoms with Crippen LogP contribution in [0.3, 0.4) is 0 Å². The number of hydrogen-bond donors (Lipinski definition) is 3. The van der Waals surface area contributed by atoms with Crippen molar-refractivity contribution in [3.63, 3.8) is 0 Å². The van der Waals surface area contributed by atoms with Crippen molar-refractivity contribution in [3.8, 4) is 0 Å². The summed E-state index contributed by atoms with van der Waals surface area (Å²) in [5.74, 6) is -1.60. The van der Waals surface area contributed by atoms with E-state index in [-0.39, 0.29) is 18.2 Å². The Kier molecular flexibility index (Phi) is 5.93. The molecule has 3 atom stereocenters. The van der Waals surface area contributed by atoms with Gasteiger partial charge in [0, 0.05) is 43.9 Å². The van der Waals surface area contributed by atoms with E-state index < -0.39 is 29.9 Å². The van der Waals surface area contributed by atoms with Crippen LogP contribution in [0, 0.1) is 0 Å². The van der Waals surface area contributed by atoms with E-state index in [2.05, 4.69) is 15.3 Å². The maximum atomic E-state index is 13.3. The van der Waals surface area contributed by atoms with Crippen LogP contribution in [-0.4, -0.2) is 75.1 Å². The molecule has 10 heteroatoms. The number of likely N-dealkylation sites (N-methyl/N-ethyl adjacent to an activating group) is 1. The van der Waals surface area contributed by atoms with Crippen molar-refractivity contribution in [2.24, 2.45) is 5.73 Å². The number of likely N-dealkylation sites (tertiary alicyclic amines) is 1. The Morgan fingerprint density at radius 2 is 2.06 bits per heavy atom. The van der Waals surface area contributed by atoms with E-state index >= 15 is 0 Å². The smallest absolute Gasteiger partial charge is 0.254 e. The molecule has 2 aliphatic rings. The van der Waals surface area contributed by atoms with Crippen LogP contribution >= 0.6 is 0 Å². The molecule has 2 aromatic rings. The molecular formula is C22H26N6O4. The molecule has 1 fully saturated rings. The lowest BCUT2D eigenvalue weighted by Crippen LogP contribution is -2.58. The molecule has 168 valence electrons. The maximum absolute atomic E-state index is 13.3. The van der Waals surface area contributed by atoms with Gasteiger partial charge in [0.1, 0.15) is 18.1 Å². The first-order chi connectivity index (χ1) is 15.4. The summed E-state index contributed by atoms with van der Waals surface area (Å²) >= 11 is 0. The maximum Gasteiger partial charge on any atom is 0.254 e. The summed E-state index contributed by atoms with van der Waals surface area (Å²) in [7, 11) is 1.58. The highest BCUT2D eigenvalue weighted by Gasteiger charge is 2.39. The van der Waals surface area contributed by atoms with Gasteiger partial charge in [0.2, 0.25) is 17.7 Å². The van der Waals surface area contributed by atoms with Crippen molar-refractivity contribution in [2.45, 2.75) is 43.8 Å².